The molecule has 2 aromatic rings. The van der Waals surface area contributed by atoms with Gasteiger partial charge in [0.05, 0.1) is 0 Å². The van der Waals surface area contributed by atoms with E-state index in [0.29, 0.717) is 0 Å². The molecule has 4 nitrogen and oxygen atoms in total. The molecule has 0 aromatic carbocycles. The fourth-order valence-corrected chi connectivity index (χ4v) is 2.38. The van der Waals surface area contributed by atoms with Gasteiger partial charge in [0.25, 0.3) is 0 Å². The first kappa shape index (κ1) is 11.1. The fraction of sp³-hybridized carbons (Fsp3) is 0.357. The Kier molecular flexibility index (Phi) is 3.17. The van der Waals surface area contributed by atoms with E-state index in [1.165, 1.54) is 23.2 Å². The summed E-state index contributed by atoms with van der Waals surface area (Å²) in [6, 6.07) is 4.07. The molecule has 0 bridgehead atoms. The average Bonchev–Trinajstić information content (AvgIpc) is 2.89. The highest BCUT2D eigenvalue weighted by atomic mass is 15.0. The van der Waals surface area contributed by atoms with Crippen LogP contribution in [0, 0.1) is 0 Å². The van der Waals surface area contributed by atoms with Gasteiger partial charge in [-0.05, 0) is 37.3 Å². The van der Waals surface area contributed by atoms with Gasteiger partial charge in [-0.25, -0.2) is 9.97 Å². The van der Waals surface area contributed by atoms with Crippen LogP contribution in [0.25, 0.3) is 0 Å². The van der Waals surface area contributed by atoms with Crippen molar-refractivity contribution < 1.29 is 0 Å². The smallest absolute Gasteiger partial charge is 0.132 e. The summed E-state index contributed by atoms with van der Waals surface area (Å²) < 4.78 is 0. The molecule has 2 heterocycles. The van der Waals surface area contributed by atoms with E-state index in [9.17, 15) is 0 Å². The van der Waals surface area contributed by atoms with Crippen LogP contribution in [0.3, 0.4) is 0 Å². The van der Waals surface area contributed by atoms with Gasteiger partial charge in [0.2, 0.25) is 0 Å². The Morgan fingerprint density at radius 2 is 2.22 bits per heavy atom. The van der Waals surface area contributed by atoms with Crippen LogP contribution in [0.5, 0.6) is 0 Å². The van der Waals surface area contributed by atoms with E-state index >= 15 is 0 Å². The number of rotatable bonds is 4. The number of nitrogens with one attached hydrogen (secondary N) is 1. The molecule has 0 unspecified atom stereocenters. The average molecular weight is 240 g/mol. The molecule has 0 radical (unpaired) electrons. The van der Waals surface area contributed by atoms with Crippen molar-refractivity contribution in [3.05, 3.63) is 47.7 Å². The van der Waals surface area contributed by atoms with Gasteiger partial charge < -0.3 is 5.32 Å². The number of fused-ring (bicyclic) bond motifs is 1. The van der Waals surface area contributed by atoms with Gasteiger partial charge in [0.1, 0.15) is 12.1 Å². The van der Waals surface area contributed by atoms with Gasteiger partial charge in [-0.2, -0.15) is 0 Å². The van der Waals surface area contributed by atoms with E-state index in [1.54, 1.807) is 12.5 Å². The highest BCUT2D eigenvalue weighted by molar-refractivity contribution is 5.47. The molecule has 4 heteroatoms. The second kappa shape index (κ2) is 5.12. The number of aryl methyl sites for hydroxylation is 1. The minimum atomic E-state index is 0.884. The van der Waals surface area contributed by atoms with Crippen molar-refractivity contribution in [2.45, 2.75) is 25.7 Å². The third-order valence-electron chi connectivity index (χ3n) is 3.30. The fourth-order valence-electron chi connectivity index (χ4n) is 2.38. The molecule has 0 amide bonds. The van der Waals surface area contributed by atoms with Crippen LogP contribution >= 0.6 is 0 Å². The van der Waals surface area contributed by atoms with Gasteiger partial charge in [-0.1, -0.05) is 6.07 Å². The van der Waals surface area contributed by atoms with Crippen LogP contribution < -0.4 is 5.32 Å². The standard InChI is InChI=1S/C14H16N4/c1-4-12-13(5-1)17-10-18-14(12)16-8-6-11-3-2-7-15-9-11/h2-3,7,9-10H,1,4-6,8H2,(H,16,17,18). The lowest BCUT2D eigenvalue weighted by Gasteiger charge is -2.09. The molecule has 1 aliphatic carbocycles. The third kappa shape index (κ3) is 2.32. The van der Waals surface area contributed by atoms with E-state index in [4.69, 9.17) is 0 Å². The van der Waals surface area contributed by atoms with Crippen molar-refractivity contribution in [1.82, 2.24) is 15.0 Å². The van der Waals surface area contributed by atoms with Gasteiger partial charge in [-0.3, -0.25) is 4.98 Å². The summed E-state index contributed by atoms with van der Waals surface area (Å²) in [5.41, 5.74) is 3.77. The summed E-state index contributed by atoms with van der Waals surface area (Å²) in [5.74, 6) is 1.02. The zero-order valence-corrected chi connectivity index (χ0v) is 10.3. The van der Waals surface area contributed by atoms with Crippen molar-refractivity contribution in [2.75, 3.05) is 11.9 Å². The second-order valence-corrected chi connectivity index (χ2v) is 4.54. The highest BCUT2D eigenvalue weighted by Gasteiger charge is 2.16. The lowest BCUT2D eigenvalue weighted by atomic mass is 10.2. The molecule has 0 saturated carbocycles. The predicted molar refractivity (Wildman–Crippen MR) is 70.5 cm³/mol. The highest BCUT2D eigenvalue weighted by Crippen LogP contribution is 2.24. The van der Waals surface area contributed by atoms with Crippen molar-refractivity contribution in [3.8, 4) is 0 Å². The summed E-state index contributed by atoms with van der Waals surface area (Å²) in [4.78, 5) is 12.8. The van der Waals surface area contributed by atoms with Crippen molar-refractivity contribution in [3.63, 3.8) is 0 Å². The monoisotopic (exact) mass is 240 g/mol. The topological polar surface area (TPSA) is 50.7 Å². The number of aromatic nitrogens is 3. The van der Waals surface area contributed by atoms with E-state index in [1.807, 2.05) is 12.3 Å². The Balaban J connectivity index is 1.63. The minimum absolute atomic E-state index is 0.884. The van der Waals surface area contributed by atoms with Crippen LogP contribution in [0.2, 0.25) is 0 Å². The van der Waals surface area contributed by atoms with E-state index < -0.39 is 0 Å². The minimum Gasteiger partial charge on any atom is -0.369 e. The Labute approximate surface area is 107 Å². The zero-order chi connectivity index (χ0) is 12.2. The van der Waals surface area contributed by atoms with Crippen LogP contribution in [0.1, 0.15) is 23.2 Å². The molecule has 0 aliphatic heterocycles. The molecule has 18 heavy (non-hydrogen) atoms. The molecule has 0 fully saturated rings. The first-order valence-corrected chi connectivity index (χ1v) is 6.39. The lowest BCUT2D eigenvalue weighted by Crippen LogP contribution is -2.09. The number of nitrogens with zero attached hydrogens (tertiary/aromatic N) is 3. The van der Waals surface area contributed by atoms with Gasteiger partial charge >= 0.3 is 0 Å². The number of hydrogen-bond acceptors (Lipinski definition) is 4. The quantitative estimate of drug-likeness (QED) is 0.888. The zero-order valence-electron chi connectivity index (χ0n) is 10.3. The number of anilines is 1. The maximum Gasteiger partial charge on any atom is 0.132 e. The summed E-state index contributed by atoms with van der Waals surface area (Å²) in [6.45, 7) is 0.884. The summed E-state index contributed by atoms with van der Waals surface area (Å²) in [5, 5.41) is 3.41. The largest absolute Gasteiger partial charge is 0.369 e. The third-order valence-corrected chi connectivity index (χ3v) is 3.30. The van der Waals surface area contributed by atoms with Crippen LogP contribution in [0.15, 0.2) is 30.9 Å². The molecule has 2 aromatic heterocycles. The van der Waals surface area contributed by atoms with Crippen molar-refractivity contribution >= 4 is 5.82 Å². The summed E-state index contributed by atoms with van der Waals surface area (Å²) >= 11 is 0. The molecular weight excluding hydrogens is 224 g/mol. The van der Waals surface area contributed by atoms with E-state index in [2.05, 4.69) is 26.3 Å². The van der Waals surface area contributed by atoms with Crippen LogP contribution in [0.4, 0.5) is 5.82 Å². The molecule has 1 N–H and O–H groups in total. The van der Waals surface area contributed by atoms with Gasteiger partial charge in [0.15, 0.2) is 0 Å². The van der Waals surface area contributed by atoms with E-state index in [0.717, 1.165) is 31.6 Å². The summed E-state index contributed by atoms with van der Waals surface area (Å²) in [6.07, 6.45) is 9.73. The molecule has 0 spiro atoms. The van der Waals surface area contributed by atoms with Gasteiger partial charge in [-0.15, -0.1) is 0 Å². The van der Waals surface area contributed by atoms with Crippen molar-refractivity contribution in [1.29, 1.82) is 0 Å². The molecular formula is C14H16N4. The summed E-state index contributed by atoms with van der Waals surface area (Å²) in [7, 11) is 0. The Hall–Kier alpha value is -1.97. The first-order chi connectivity index (χ1) is 8.93. The molecule has 3 rings (SSSR count). The maximum atomic E-state index is 4.34. The Bertz CT molecular complexity index is 525. The normalized spacial score (nSPS) is 13.3. The number of pyridine rings is 1. The lowest BCUT2D eigenvalue weighted by molar-refractivity contribution is 0.899. The second-order valence-electron chi connectivity index (χ2n) is 4.54. The van der Waals surface area contributed by atoms with Crippen LogP contribution in [-0.2, 0) is 19.3 Å². The van der Waals surface area contributed by atoms with Crippen molar-refractivity contribution in [2.24, 2.45) is 0 Å². The molecule has 1 aliphatic rings. The molecule has 92 valence electrons. The first-order valence-electron chi connectivity index (χ1n) is 6.39. The van der Waals surface area contributed by atoms with E-state index in [-0.39, 0.29) is 0 Å². The molecule has 0 atom stereocenters. The maximum absolute atomic E-state index is 4.34. The SMILES string of the molecule is c1cncc(CCNc2ncnc3c2CCC3)c1. The molecule has 0 saturated heterocycles. The Morgan fingerprint density at radius 1 is 1.22 bits per heavy atom. The predicted octanol–water partition coefficient (Wildman–Crippen LogP) is 2.01. The Morgan fingerprint density at radius 3 is 3.11 bits per heavy atom. The van der Waals surface area contributed by atoms with Gasteiger partial charge in [0, 0.05) is 30.2 Å². The number of hydrogen-bond donors (Lipinski definition) is 1. The van der Waals surface area contributed by atoms with Crippen LogP contribution in [-0.4, -0.2) is 21.5 Å².